The summed E-state index contributed by atoms with van der Waals surface area (Å²) in [5.41, 5.74) is 2.62. The highest BCUT2D eigenvalue weighted by Crippen LogP contribution is 2.20. The number of esters is 1. The van der Waals surface area contributed by atoms with Crippen molar-refractivity contribution in [3.05, 3.63) is 35.4 Å². The molecule has 3 nitrogen and oxygen atoms in total. The summed E-state index contributed by atoms with van der Waals surface area (Å²) in [6.45, 7) is 2.99. The van der Waals surface area contributed by atoms with E-state index in [2.05, 4.69) is 36.5 Å². The van der Waals surface area contributed by atoms with Gasteiger partial charge in [-0.3, -0.25) is 4.79 Å². The van der Waals surface area contributed by atoms with Crippen LogP contribution in [0.5, 0.6) is 0 Å². The summed E-state index contributed by atoms with van der Waals surface area (Å²) < 4.78 is 4.75. The monoisotopic (exact) mass is 233 g/mol. The van der Waals surface area contributed by atoms with Gasteiger partial charge in [-0.25, -0.2) is 0 Å². The molecule has 0 bridgehead atoms. The predicted octanol–water partition coefficient (Wildman–Crippen LogP) is 1.69. The molecule has 1 N–H and O–H groups in total. The molecular formula is C14H19NO2. The van der Waals surface area contributed by atoms with E-state index >= 15 is 0 Å². The number of benzene rings is 1. The summed E-state index contributed by atoms with van der Waals surface area (Å²) in [5, 5.41) is 3.21. The zero-order valence-corrected chi connectivity index (χ0v) is 10.4. The Hall–Kier alpha value is -1.35. The Morgan fingerprint density at radius 1 is 1.41 bits per heavy atom. The fraction of sp³-hybridized carbons (Fsp3) is 0.500. The molecule has 1 saturated heterocycles. The van der Waals surface area contributed by atoms with Gasteiger partial charge in [-0.2, -0.15) is 0 Å². The fourth-order valence-electron chi connectivity index (χ4n) is 2.34. The van der Waals surface area contributed by atoms with Gasteiger partial charge in [-0.1, -0.05) is 29.8 Å². The van der Waals surface area contributed by atoms with Gasteiger partial charge >= 0.3 is 5.97 Å². The first-order valence-corrected chi connectivity index (χ1v) is 6.06. The first-order chi connectivity index (χ1) is 8.19. The van der Waals surface area contributed by atoms with E-state index in [-0.39, 0.29) is 12.0 Å². The number of aryl methyl sites for hydroxylation is 1. The lowest BCUT2D eigenvalue weighted by Crippen LogP contribution is -2.31. The summed E-state index contributed by atoms with van der Waals surface area (Å²) in [6, 6.07) is 8.49. The van der Waals surface area contributed by atoms with Gasteiger partial charge in [0.25, 0.3) is 0 Å². The topological polar surface area (TPSA) is 38.3 Å². The van der Waals surface area contributed by atoms with E-state index in [1.54, 1.807) is 0 Å². The van der Waals surface area contributed by atoms with E-state index in [1.165, 1.54) is 18.2 Å². The minimum absolute atomic E-state index is 0.115. The van der Waals surface area contributed by atoms with Gasteiger partial charge in [0, 0.05) is 0 Å². The lowest BCUT2D eigenvalue weighted by Gasteiger charge is -2.09. The van der Waals surface area contributed by atoms with E-state index in [9.17, 15) is 4.79 Å². The van der Waals surface area contributed by atoms with Crippen LogP contribution in [0.2, 0.25) is 0 Å². The summed E-state index contributed by atoms with van der Waals surface area (Å²) in [4.78, 5) is 11.4. The highest BCUT2D eigenvalue weighted by molar-refractivity contribution is 5.76. The molecule has 0 spiro atoms. The number of carbonyl (C=O) groups excluding carboxylic acids is 1. The molecule has 17 heavy (non-hydrogen) atoms. The number of rotatable bonds is 3. The summed E-state index contributed by atoms with van der Waals surface area (Å²) in [6.07, 6.45) is 1.90. The highest BCUT2D eigenvalue weighted by Gasteiger charge is 2.29. The van der Waals surface area contributed by atoms with Crippen LogP contribution in [0.1, 0.15) is 17.5 Å². The maximum absolute atomic E-state index is 11.4. The van der Waals surface area contributed by atoms with E-state index in [0.717, 1.165) is 19.4 Å². The van der Waals surface area contributed by atoms with Gasteiger partial charge in [0.15, 0.2) is 0 Å². The quantitative estimate of drug-likeness (QED) is 0.807. The van der Waals surface area contributed by atoms with Crippen LogP contribution in [0, 0.1) is 12.8 Å². The average molecular weight is 233 g/mol. The number of ether oxygens (including phenoxy) is 1. The van der Waals surface area contributed by atoms with Gasteiger partial charge in [0.1, 0.15) is 6.04 Å². The third-order valence-electron chi connectivity index (χ3n) is 3.35. The van der Waals surface area contributed by atoms with Crippen molar-refractivity contribution < 1.29 is 9.53 Å². The van der Waals surface area contributed by atoms with E-state index in [4.69, 9.17) is 4.74 Å². The van der Waals surface area contributed by atoms with Crippen LogP contribution in [-0.2, 0) is 16.0 Å². The SMILES string of the molecule is COC(=O)C1CC(Cc2ccc(C)cc2)CN1. The zero-order chi connectivity index (χ0) is 12.3. The standard InChI is InChI=1S/C14H19NO2/c1-10-3-5-11(6-4-10)7-12-8-13(15-9-12)14(16)17-2/h3-6,12-13,15H,7-9H2,1-2H3. The Morgan fingerprint density at radius 3 is 2.76 bits per heavy atom. The third-order valence-corrected chi connectivity index (χ3v) is 3.35. The number of hydrogen-bond donors (Lipinski definition) is 1. The van der Waals surface area contributed by atoms with Crippen molar-refractivity contribution in [2.75, 3.05) is 13.7 Å². The first-order valence-electron chi connectivity index (χ1n) is 6.06. The molecule has 1 aliphatic rings. The normalized spacial score (nSPS) is 23.6. The van der Waals surface area contributed by atoms with E-state index in [1.807, 2.05) is 0 Å². The van der Waals surface area contributed by atoms with Crippen molar-refractivity contribution in [1.82, 2.24) is 5.32 Å². The molecule has 1 aliphatic heterocycles. The van der Waals surface area contributed by atoms with E-state index in [0.29, 0.717) is 5.92 Å². The lowest BCUT2D eigenvalue weighted by molar-refractivity contribution is -0.142. The maximum Gasteiger partial charge on any atom is 0.322 e. The number of methoxy groups -OCH3 is 1. The van der Waals surface area contributed by atoms with Gasteiger partial charge in [0.2, 0.25) is 0 Å². The Balaban J connectivity index is 1.89. The van der Waals surface area contributed by atoms with Gasteiger partial charge in [-0.15, -0.1) is 0 Å². The van der Waals surface area contributed by atoms with Crippen LogP contribution in [0.15, 0.2) is 24.3 Å². The molecule has 0 amide bonds. The maximum atomic E-state index is 11.4. The van der Waals surface area contributed by atoms with Crippen LogP contribution >= 0.6 is 0 Å². The molecule has 1 fully saturated rings. The minimum Gasteiger partial charge on any atom is -0.468 e. The number of nitrogens with one attached hydrogen (secondary N) is 1. The number of carbonyl (C=O) groups is 1. The van der Waals surface area contributed by atoms with Crippen molar-refractivity contribution in [3.63, 3.8) is 0 Å². The van der Waals surface area contributed by atoms with Crippen LogP contribution in [-0.4, -0.2) is 25.7 Å². The zero-order valence-electron chi connectivity index (χ0n) is 10.4. The largest absolute Gasteiger partial charge is 0.468 e. The smallest absolute Gasteiger partial charge is 0.322 e. The van der Waals surface area contributed by atoms with Gasteiger partial charge < -0.3 is 10.1 Å². The second-order valence-corrected chi connectivity index (χ2v) is 4.78. The Kier molecular flexibility index (Phi) is 3.79. The summed E-state index contributed by atoms with van der Waals surface area (Å²) in [7, 11) is 1.44. The van der Waals surface area contributed by atoms with Crippen molar-refractivity contribution in [2.24, 2.45) is 5.92 Å². The molecule has 0 aliphatic carbocycles. The molecule has 0 aromatic heterocycles. The Bertz CT molecular complexity index is 386. The molecule has 92 valence electrons. The van der Waals surface area contributed by atoms with Crippen molar-refractivity contribution in [1.29, 1.82) is 0 Å². The van der Waals surface area contributed by atoms with Crippen LogP contribution in [0.3, 0.4) is 0 Å². The molecule has 0 radical (unpaired) electrons. The fourth-order valence-corrected chi connectivity index (χ4v) is 2.34. The molecule has 1 aromatic carbocycles. The Morgan fingerprint density at radius 2 is 2.12 bits per heavy atom. The third kappa shape index (κ3) is 3.07. The van der Waals surface area contributed by atoms with Crippen molar-refractivity contribution >= 4 is 5.97 Å². The first kappa shape index (κ1) is 12.1. The molecule has 1 aromatic rings. The molecule has 2 unspecified atom stereocenters. The van der Waals surface area contributed by atoms with Crippen LogP contribution < -0.4 is 5.32 Å². The average Bonchev–Trinajstić information content (AvgIpc) is 2.80. The molecular weight excluding hydrogens is 214 g/mol. The molecule has 2 rings (SSSR count). The van der Waals surface area contributed by atoms with Crippen molar-refractivity contribution in [3.8, 4) is 0 Å². The van der Waals surface area contributed by atoms with Gasteiger partial charge in [0.05, 0.1) is 7.11 Å². The molecule has 0 saturated carbocycles. The summed E-state index contributed by atoms with van der Waals surface area (Å²) in [5.74, 6) is 0.387. The minimum atomic E-state index is -0.142. The summed E-state index contributed by atoms with van der Waals surface area (Å²) >= 11 is 0. The molecule has 3 heteroatoms. The highest BCUT2D eigenvalue weighted by atomic mass is 16.5. The molecule has 1 heterocycles. The lowest BCUT2D eigenvalue weighted by atomic mass is 9.96. The predicted molar refractivity (Wildman–Crippen MR) is 66.8 cm³/mol. The van der Waals surface area contributed by atoms with Gasteiger partial charge in [-0.05, 0) is 37.8 Å². The van der Waals surface area contributed by atoms with Crippen LogP contribution in [0.25, 0.3) is 0 Å². The second kappa shape index (κ2) is 5.32. The number of hydrogen-bond acceptors (Lipinski definition) is 3. The van der Waals surface area contributed by atoms with E-state index < -0.39 is 0 Å². The molecule has 2 atom stereocenters. The Labute approximate surface area is 102 Å². The van der Waals surface area contributed by atoms with Crippen LogP contribution in [0.4, 0.5) is 0 Å². The van der Waals surface area contributed by atoms with Crippen molar-refractivity contribution in [2.45, 2.75) is 25.8 Å². The second-order valence-electron chi connectivity index (χ2n) is 4.78.